The lowest BCUT2D eigenvalue weighted by Gasteiger charge is -2.40. The first-order valence-electron chi connectivity index (χ1n) is 5.43. The van der Waals surface area contributed by atoms with Crippen LogP contribution < -0.4 is 0 Å². The molecule has 0 radical (unpaired) electrons. The first-order valence-corrected chi connectivity index (χ1v) is 5.43. The van der Waals surface area contributed by atoms with Gasteiger partial charge in [0.25, 0.3) is 0 Å². The Kier molecular flexibility index (Phi) is 1.27. The maximum atomic E-state index is 2.63. The summed E-state index contributed by atoms with van der Waals surface area (Å²) in [6.45, 7) is 3.89. The lowest BCUT2D eigenvalue weighted by molar-refractivity contribution is 0.0791. The van der Waals surface area contributed by atoms with Crippen molar-refractivity contribution in [2.75, 3.05) is 13.6 Å². The number of hydrogen-bond donors (Lipinski definition) is 0. The second-order valence-corrected chi connectivity index (χ2v) is 5.40. The van der Waals surface area contributed by atoms with Crippen LogP contribution in [-0.4, -0.2) is 24.0 Å². The van der Waals surface area contributed by atoms with Gasteiger partial charge in [-0.3, -0.25) is 0 Å². The molecule has 2 saturated carbocycles. The van der Waals surface area contributed by atoms with Gasteiger partial charge in [-0.25, -0.2) is 0 Å². The molecule has 12 heavy (non-hydrogen) atoms. The molecule has 0 aromatic heterocycles. The Labute approximate surface area is 75.1 Å². The highest BCUT2D eigenvalue weighted by atomic mass is 15.2. The molecule has 1 aliphatic heterocycles. The highest BCUT2D eigenvalue weighted by molar-refractivity contribution is 5.12. The monoisotopic (exact) mass is 165 g/mol. The molecular weight excluding hydrogens is 146 g/mol. The molecule has 3 fully saturated rings. The van der Waals surface area contributed by atoms with Crippen molar-refractivity contribution in [3.8, 4) is 0 Å². The van der Waals surface area contributed by atoms with Crippen LogP contribution in [0.5, 0.6) is 0 Å². The fourth-order valence-corrected chi connectivity index (χ4v) is 4.36. The average molecular weight is 165 g/mol. The van der Waals surface area contributed by atoms with Crippen molar-refractivity contribution in [2.45, 2.75) is 38.1 Å². The van der Waals surface area contributed by atoms with Gasteiger partial charge >= 0.3 is 0 Å². The van der Waals surface area contributed by atoms with E-state index in [0.717, 1.165) is 17.8 Å². The molecule has 4 unspecified atom stereocenters. The molecule has 1 saturated heterocycles. The second kappa shape index (κ2) is 2.06. The van der Waals surface area contributed by atoms with Gasteiger partial charge in [0, 0.05) is 12.1 Å². The van der Waals surface area contributed by atoms with Gasteiger partial charge in [-0.15, -0.1) is 0 Å². The van der Waals surface area contributed by atoms with Crippen LogP contribution in [0.2, 0.25) is 0 Å². The van der Waals surface area contributed by atoms with E-state index < -0.39 is 0 Å². The van der Waals surface area contributed by atoms with Crippen molar-refractivity contribution in [3.05, 3.63) is 0 Å². The highest BCUT2D eigenvalue weighted by Crippen LogP contribution is 2.59. The Morgan fingerprint density at radius 3 is 3.00 bits per heavy atom. The SMILES string of the molecule is CN1CC2CC1(C)C1CCCC21. The molecule has 3 rings (SSSR count). The average Bonchev–Trinajstić information content (AvgIpc) is 2.60. The van der Waals surface area contributed by atoms with E-state index in [4.69, 9.17) is 0 Å². The molecule has 1 heterocycles. The molecule has 4 atom stereocenters. The van der Waals surface area contributed by atoms with Crippen LogP contribution in [0.25, 0.3) is 0 Å². The maximum Gasteiger partial charge on any atom is 0.0212 e. The second-order valence-electron chi connectivity index (χ2n) is 5.40. The van der Waals surface area contributed by atoms with Gasteiger partial charge in [0.2, 0.25) is 0 Å². The van der Waals surface area contributed by atoms with Gasteiger partial charge in [-0.1, -0.05) is 6.42 Å². The summed E-state index contributed by atoms with van der Waals surface area (Å²) in [6, 6.07) is 0. The molecule has 68 valence electrons. The molecule has 0 amide bonds. The normalized spacial score (nSPS) is 58.0. The van der Waals surface area contributed by atoms with E-state index in [1.165, 1.54) is 25.8 Å². The van der Waals surface area contributed by atoms with Gasteiger partial charge in [-0.05, 0) is 51.0 Å². The zero-order valence-electron chi connectivity index (χ0n) is 8.21. The Morgan fingerprint density at radius 2 is 2.17 bits per heavy atom. The highest BCUT2D eigenvalue weighted by Gasteiger charge is 2.58. The Balaban J connectivity index is 1.98. The number of likely N-dealkylation sites (tertiary alicyclic amines) is 1. The summed E-state index contributed by atoms with van der Waals surface area (Å²) in [5.74, 6) is 3.24. The van der Waals surface area contributed by atoms with Crippen molar-refractivity contribution < 1.29 is 0 Å². The number of rotatable bonds is 0. The fraction of sp³-hybridized carbons (Fsp3) is 1.00. The van der Waals surface area contributed by atoms with Crippen LogP contribution in [-0.2, 0) is 0 Å². The van der Waals surface area contributed by atoms with Gasteiger partial charge in [0.15, 0.2) is 0 Å². The van der Waals surface area contributed by atoms with Crippen molar-refractivity contribution in [3.63, 3.8) is 0 Å². The Morgan fingerprint density at radius 1 is 1.33 bits per heavy atom. The fourth-order valence-electron chi connectivity index (χ4n) is 4.36. The molecule has 0 spiro atoms. The van der Waals surface area contributed by atoms with Crippen LogP contribution in [0.3, 0.4) is 0 Å². The van der Waals surface area contributed by atoms with Crippen molar-refractivity contribution in [1.29, 1.82) is 0 Å². The topological polar surface area (TPSA) is 3.24 Å². The molecule has 0 aromatic carbocycles. The van der Waals surface area contributed by atoms with Gasteiger partial charge < -0.3 is 4.90 Å². The van der Waals surface area contributed by atoms with Crippen molar-refractivity contribution >= 4 is 0 Å². The van der Waals surface area contributed by atoms with Gasteiger partial charge in [0.05, 0.1) is 0 Å². The third-order valence-corrected chi connectivity index (χ3v) is 5.03. The summed E-state index contributed by atoms with van der Waals surface area (Å²) in [5.41, 5.74) is 0.603. The first kappa shape index (κ1) is 7.37. The van der Waals surface area contributed by atoms with Crippen molar-refractivity contribution in [2.24, 2.45) is 17.8 Å². The van der Waals surface area contributed by atoms with Crippen LogP contribution in [0.4, 0.5) is 0 Å². The number of nitrogens with zero attached hydrogens (tertiary/aromatic N) is 1. The quantitative estimate of drug-likeness (QED) is 0.531. The Hall–Kier alpha value is -0.0400. The summed E-state index contributed by atoms with van der Waals surface area (Å²) in [6.07, 6.45) is 6.06. The molecule has 0 N–H and O–H groups in total. The largest absolute Gasteiger partial charge is 0.300 e. The molecule has 2 bridgehead atoms. The molecule has 1 nitrogen and oxygen atoms in total. The predicted molar refractivity (Wildman–Crippen MR) is 50.0 cm³/mol. The van der Waals surface area contributed by atoms with Crippen LogP contribution in [0.1, 0.15) is 32.6 Å². The summed E-state index contributed by atoms with van der Waals surface area (Å²) in [4.78, 5) is 2.63. The van der Waals surface area contributed by atoms with Gasteiger partial charge in [0.1, 0.15) is 0 Å². The molecular formula is C11H19N. The molecule has 3 aliphatic rings. The van der Waals surface area contributed by atoms with Gasteiger partial charge in [-0.2, -0.15) is 0 Å². The van der Waals surface area contributed by atoms with E-state index in [1.54, 1.807) is 6.42 Å². The van der Waals surface area contributed by atoms with Crippen molar-refractivity contribution in [1.82, 2.24) is 4.90 Å². The molecule has 0 aromatic rings. The number of fused-ring (bicyclic) bond motifs is 5. The van der Waals surface area contributed by atoms with E-state index in [9.17, 15) is 0 Å². The first-order chi connectivity index (χ1) is 5.72. The van der Waals surface area contributed by atoms with E-state index in [1.807, 2.05) is 0 Å². The number of piperidine rings is 1. The van der Waals surface area contributed by atoms with Crippen LogP contribution in [0.15, 0.2) is 0 Å². The van der Waals surface area contributed by atoms with Crippen LogP contribution in [0, 0.1) is 17.8 Å². The minimum atomic E-state index is 0.603. The summed E-state index contributed by atoms with van der Waals surface area (Å²) in [7, 11) is 2.33. The molecule has 2 aliphatic carbocycles. The summed E-state index contributed by atoms with van der Waals surface area (Å²) >= 11 is 0. The lowest BCUT2D eigenvalue weighted by atomic mass is 9.82. The minimum Gasteiger partial charge on any atom is -0.300 e. The van der Waals surface area contributed by atoms with E-state index in [2.05, 4.69) is 18.9 Å². The minimum absolute atomic E-state index is 0.603. The Bertz CT molecular complexity index is 213. The zero-order chi connectivity index (χ0) is 8.34. The smallest absolute Gasteiger partial charge is 0.0212 e. The van der Waals surface area contributed by atoms with E-state index >= 15 is 0 Å². The van der Waals surface area contributed by atoms with E-state index in [0.29, 0.717) is 5.54 Å². The lowest BCUT2D eigenvalue weighted by Crippen LogP contribution is -2.47. The maximum absolute atomic E-state index is 2.63. The van der Waals surface area contributed by atoms with Crippen LogP contribution >= 0.6 is 0 Å². The molecule has 1 heteroatoms. The summed E-state index contributed by atoms with van der Waals surface area (Å²) < 4.78 is 0. The standard InChI is InChI=1S/C11H19N/c1-11-6-8(7-12(11)2)9-4-3-5-10(9)11/h8-10H,3-7H2,1-2H3. The van der Waals surface area contributed by atoms with E-state index in [-0.39, 0.29) is 0 Å². The number of hydrogen-bond acceptors (Lipinski definition) is 1. The predicted octanol–water partition coefficient (Wildman–Crippen LogP) is 2.13. The third kappa shape index (κ3) is 0.654. The third-order valence-electron chi connectivity index (χ3n) is 5.03. The zero-order valence-corrected chi connectivity index (χ0v) is 8.21. The summed E-state index contributed by atoms with van der Waals surface area (Å²) in [5, 5.41) is 0.